The molecule has 244 valence electrons. The lowest BCUT2D eigenvalue weighted by atomic mass is 9.47. The highest BCUT2D eigenvalue weighted by Gasteiger charge is 2.64. The van der Waals surface area contributed by atoms with Crippen molar-refractivity contribution in [2.45, 2.75) is 78.9 Å². The molecule has 1 aromatic carbocycles. The fourth-order valence-corrected chi connectivity index (χ4v) is 8.89. The van der Waals surface area contributed by atoms with Crippen LogP contribution in [0.25, 0.3) is 0 Å². The average molecular weight is 626 g/mol. The molecular weight excluding hydrogens is 582 g/mol. The summed E-state index contributed by atoms with van der Waals surface area (Å²) in [5, 5.41) is 21.1. The van der Waals surface area contributed by atoms with Crippen LogP contribution in [0.2, 0.25) is 0 Å². The van der Waals surface area contributed by atoms with Gasteiger partial charge in [-0.05, 0) is 79.5 Å². The maximum absolute atomic E-state index is 13.6. The zero-order valence-electron chi connectivity index (χ0n) is 26.3. The van der Waals surface area contributed by atoms with Crippen LogP contribution < -0.4 is 4.74 Å². The van der Waals surface area contributed by atoms with Crippen LogP contribution in [0.4, 0.5) is 0 Å². The van der Waals surface area contributed by atoms with Gasteiger partial charge in [0, 0.05) is 17.3 Å². The molecule has 3 saturated carbocycles. The summed E-state index contributed by atoms with van der Waals surface area (Å²) < 4.78 is 10.5. The Kier molecular flexibility index (Phi) is 10.6. The molecule has 8 unspecified atom stereocenters. The maximum Gasteiger partial charge on any atom is 0.311 e. The SMILES string of the molecule is C/C=C\C1(C)/C(=C\C=O)CCC2C1C(O)CC1(C)C2CC(C)C1C(=O)COC(=O)CCC(=O)Oc1cccc(CO[N+](=O)[O-])c1. The lowest BCUT2D eigenvalue weighted by Crippen LogP contribution is -2.56. The Morgan fingerprint density at radius 2 is 1.91 bits per heavy atom. The Labute approximate surface area is 263 Å². The number of Topliss-reactive ketones (excluding diaryl/α,β-unsaturated/α-hetero) is 1. The Bertz CT molecular complexity index is 1370. The van der Waals surface area contributed by atoms with Crippen LogP contribution >= 0.6 is 0 Å². The van der Waals surface area contributed by atoms with E-state index in [9.17, 15) is 34.4 Å². The number of nitrogens with zero attached hydrogens (tertiary/aromatic N) is 1. The minimum absolute atomic E-state index is 0.0403. The van der Waals surface area contributed by atoms with Crippen molar-refractivity contribution in [1.82, 2.24) is 0 Å². The third-order valence-corrected chi connectivity index (χ3v) is 10.4. The van der Waals surface area contributed by atoms with Crippen LogP contribution in [0.15, 0.2) is 48.1 Å². The molecule has 3 fully saturated rings. The number of ketones is 1. The number of carbonyl (C=O) groups is 4. The van der Waals surface area contributed by atoms with E-state index in [1.54, 1.807) is 18.2 Å². The second-order valence-corrected chi connectivity index (χ2v) is 13.2. The zero-order chi connectivity index (χ0) is 32.9. The summed E-state index contributed by atoms with van der Waals surface area (Å²) in [5.74, 6) is -1.46. The van der Waals surface area contributed by atoms with E-state index in [0.717, 1.165) is 31.1 Å². The number of hydrogen-bond donors (Lipinski definition) is 1. The summed E-state index contributed by atoms with van der Waals surface area (Å²) in [6.45, 7) is 7.48. The Hall–Kier alpha value is -3.86. The van der Waals surface area contributed by atoms with E-state index in [1.165, 1.54) is 12.1 Å². The first-order valence-electron chi connectivity index (χ1n) is 15.6. The van der Waals surface area contributed by atoms with E-state index in [-0.39, 0.29) is 60.6 Å². The summed E-state index contributed by atoms with van der Waals surface area (Å²) in [6.07, 6.45) is 8.21. The maximum atomic E-state index is 13.6. The van der Waals surface area contributed by atoms with E-state index in [2.05, 4.69) is 31.7 Å². The first-order chi connectivity index (χ1) is 21.3. The third-order valence-electron chi connectivity index (χ3n) is 10.4. The second kappa shape index (κ2) is 14.1. The number of allylic oxidation sites excluding steroid dienone is 4. The molecule has 0 radical (unpaired) electrons. The van der Waals surface area contributed by atoms with E-state index < -0.39 is 40.6 Å². The Morgan fingerprint density at radius 3 is 2.60 bits per heavy atom. The average Bonchev–Trinajstić information content (AvgIpc) is 3.24. The third kappa shape index (κ3) is 7.19. The Morgan fingerprint density at radius 1 is 1.18 bits per heavy atom. The molecule has 1 N–H and O–H groups in total. The van der Waals surface area contributed by atoms with Gasteiger partial charge in [0.25, 0.3) is 5.09 Å². The van der Waals surface area contributed by atoms with Gasteiger partial charge in [0.2, 0.25) is 0 Å². The predicted molar refractivity (Wildman–Crippen MR) is 162 cm³/mol. The number of aldehydes is 1. The molecule has 0 heterocycles. The molecule has 0 saturated heterocycles. The van der Waals surface area contributed by atoms with Crippen LogP contribution in [-0.2, 0) is 35.4 Å². The van der Waals surface area contributed by atoms with E-state index in [0.29, 0.717) is 12.0 Å². The van der Waals surface area contributed by atoms with Crippen molar-refractivity contribution < 1.29 is 43.7 Å². The van der Waals surface area contributed by atoms with Gasteiger partial charge in [-0.25, -0.2) is 0 Å². The number of carbonyl (C=O) groups excluding carboxylic acids is 4. The highest BCUT2D eigenvalue weighted by Crippen LogP contribution is 2.66. The smallest absolute Gasteiger partial charge is 0.311 e. The molecule has 0 spiro atoms. The van der Waals surface area contributed by atoms with Crippen LogP contribution in [0.5, 0.6) is 5.75 Å². The second-order valence-electron chi connectivity index (χ2n) is 13.2. The van der Waals surface area contributed by atoms with Crippen molar-refractivity contribution in [1.29, 1.82) is 0 Å². The molecule has 4 rings (SSSR count). The molecule has 0 bridgehead atoms. The van der Waals surface area contributed by atoms with Gasteiger partial charge < -0.3 is 19.4 Å². The summed E-state index contributed by atoms with van der Waals surface area (Å²) in [7, 11) is 0. The van der Waals surface area contributed by atoms with Gasteiger partial charge in [0.15, 0.2) is 5.78 Å². The number of aliphatic hydroxyl groups excluding tert-OH is 1. The first-order valence-corrected chi connectivity index (χ1v) is 15.6. The molecule has 8 atom stereocenters. The first kappa shape index (κ1) is 34.0. The van der Waals surface area contributed by atoms with E-state index in [4.69, 9.17) is 9.47 Å². The summed E-state index contributed by atoms with van der Waals surface area (Å²) in [5.41, 5.74) is 0.554. The number of fused-ring (bicyclic) bond motifs is 3. The van der Waals surface area contributed by atoms with Crippen molar-refractivity contribution in [3.8, 4) is 5.75 Å². The van der Waals surface area contributed by atoms with Gasteiger partial charge >= 0.3 is 11.9 Å². The monoisotopic (exact) mass is 625 g/mol. The van der Waals surface area contributed by atoms with Crippen LogP contribution in [0.3, 0.4) is 0 Å². The van der Waals surface area contributed by atoms with Crippen LogP contribution in [0, 0.1) is 50.5 Å². The molecule has 3 aliphatic rings. The molecule has 3 aliphatic carbocycles. The number of rotatable bonds is 12. The number of aliphatic hydroxyl groups is 1. The van der Waals surface area contributed by atoms with Gasteiger partial charge in [-0.15, -0.1) is 10.1 Å². The van der Waals surface area contributed by atoms with E-state index >= 15 is 0 Å². The number of hydrogen-bond acceptors (Lipinski definition) is 10. The fraction of sp³-hybridized carbons (Fsp3) is 0.588. The standard InChI is InChI=1S/C34H43NO10/c1-5-14-33(3)23(13-15-36)9-10-25-26-16-21(2)31(34(26,4)18-27(37)32(25)33)28(38)20-43-29(39)11-12-30(40)45-24-8-6-7-22(17-24)19-44-35(41)42/h5-8,13-15,17,21,25-27,31-32,37H,9-12,16,18-20H2,1-4H3/b14-5-,23-13-. The molecule has 0 aromatic heterocycles. The lowest BCUT2D eigenvalue weighted by Gasteiger charge is -2.58. The van der Waals surface area contributed by atoms with Crippen LogP contribution in [0.1, 0.15) is 71.8 Å². The fourth-order valence-electron chi connectivity index (χ4n) is 8.89. The molecular formula is C34H43NO10. The highest BCUT2D eigenvalue weighted by molar-refractivity contribution is 5.86. The molecule has 11 nitrogen and oxygen atoms in total. The lowest BCUT2D eigenvalue weighted by molar-refractivity contribution is -0.763. The van der Waals surface area contributed by atoms with Crippen molar-refractivity contribution in [3.05, 3.63) is 63.7 Å². The number of benzene rings is 1. The zero-order valence-corrected chi connectivity index (χ0v) is 26.3. The minimum atomic E-state index is -0.920. The van der Waals surface area contributed by atoms with Crippen molar-refractivity contribution in [2.24, 2.45) is 40.4 Å². The van der Waals surface area contributed by atoms with Crippen LogP contribution in [-0.4, -0.2) is 46.9 Å². The normalized spacial score (nSPS) is 33.2. The molecule has 0 aliphatic heterocycles. The van der Waals surface area contributed by atoms with Gasteiger partial charge in [0.1, 0.15) is 25.2 Å². The highest BCUT2D eigenvalue weighted by atomic mass is 16.9. The topological polar surface area (TPSA) is 159 Å². The van der Waals surface area contributed by atoms with Gasteiger partial charge in [0.05, 0.1) is 18.9 Å². The molecule has 11 heteroatoms. The van der Waals surface area contributed by atoms with Gasteiger partial charge in [-0.3, -0.25) is 19.2 Å². The Balaban J connectivity index is 1.34. The summed E-state index contributed by atoms with van der Waals surface area (Å²) >= 11 is 0. The van der Waals surface area contributed by atoms with Crippen molar-refractivity contribution in [2.75, 3.05) is 6.61 Å². The van der Waals surface area contributed by atoms with E-state index in [1.807, 2.05) is 13.0 Å². The predicted octanol–water partition coefficient (Wildman–Crippen LogP) is 4.97. The minimum Gasteiger partial charge on any atom is -0.458 e. The number of esters is 2. The van der Waals surface area contributed by atoms with Gasteiger partial charge in [-0.2, -0.15) is 0 Å². The molecule has 45 heavy (non-hydrogen) atoms. The summed E-state index contributed by atoms with van der Waals surface area (Å²) in [6, 6.07) is 6.06. The molecule has 1 aromatic rings. The summed E-state index contributed by atoms with van der Waals surface area (Å²) in [4.78, 5) is 64.5. The van der Waals surface area contributed by atoms with Gasteiger partial charge in [-0.1, -0.05) is 50.6 Å². The van der Waals surface area contributed by atoms with Crippen molar-refractivity contribution >= 4 is 24.0 Å². The largest absolute Gasteiger partial charge is 0.458 e. The van der Waals surface area contributed by atoms with Crippen molar-refractivity contribution in [3.63, 3.8) is 0 Å². The number of ether oxygens (including phenoxy) is 2. The quantitative estimate of drug-likeness (QED) is 0.0639. The molecule has 0 amide bonds.